The van der Waals surface area contributed by atoms with Gasteiger partial charge in [-0.1, -0.05) is 18.5 Å². The van der Waals surface area contributed by atoms with Crippen LogP contribution in [0.25, 0.3) is 0 Å². The molecule has 2 amide bonds. The van der Waals surface area contributed by atoms with E-state index < -0.39 is 5.91 Å². The van der Waals surface area contributed by atoms with Gasteiger partial charge in [-0.25, -0.2) is 4.98 Å². The Labute approximate surface area is 154 Å². The van der Waals surface area contributed by atoms with Crippen LogP contribution in [0.3, 0.4) is 0 Å². The Kier molecular flexibility index (Phi) is 6.60. The average Bonchev–Trinajstić information content (AvgIpc) is 3.05. The highest BCUT2D eigenvalue weighted by Gasteiger charge is 2.17. The molecule has 0 unspecified atom stereocenters. The number of benzene rings is 1. The topological polar surface area (TPSA) is 104 Å². The van der Waals surface area contributed by atoms with Crippen molar-refractivity contribution in [2.24, 2.45) is 5.73 Å². The molecule has 0 saturated carbocycles. The van der Waals surface area contributed by atoms with Crippen molar-refractivity contribution in [2.75, 3.05) is 13.7 Å². The van der Waals surface area contributed by atoms with E-state index in [2.05, 4.69) is 10.3 Å². The standard InChI is InChI=1S/C16H18ClN3O4S/c1-3-10-6-19-14(25-10)7-20-16(22)9-4-11(17)15(12(5-9)23-2)24-8-13(18)21/h4-6H,3,7-8H2,1-2H3,(H2,18,21)(H,20,22). The fourth-order valence-corrected chi connectivity index (χ4v) is 3.05. The van der Waals surface area contributed by atoms with Gasteiger partial charge in [-0.3, -0.25) is 9.59 Å². The summed E-state index contributed by atoms with van der Waals surface area (Å²) in [6, 6.07) is 2.92. The Morgan fingerprint density at radius 2 is 2.16 bits per heavy atom. The van der Waals surface area contributed by atoms with Gasteiger partial charge in [-0.2, -0.15) is 0 Å². The molecule has 3 N–H and O–H groups in total. The summed E-state index contributed by atoms with van der Waals surface area (Å²) in [7, 11) is 1.41. The van der Waals surface area contributed by atoms with E-state index in [9.17, 15) is 9.59 Å². The summed E-state index contributed by atoms with van der Waals surface area (Å²) in [5.41, 5.74) is 5.36. The number of amides is 2. The quantitative estimate of drug-likeness (QED) is 0.727. The molecule has 0 aliphatic heterocycles. The van der Waals surface area contributed by atoms with Crippen LogP contribution in [0, 0.1) is 0 Å². The molecule has 0 aliphatic rings. The van der Waals surface area contributed by atoms with Crippen LogP contribution in [-0.2, 0) is 17.8 Å². The molecule has 1 heterocycles. The number of halogens is 1. The highest BCUT2D eigenvalue weighted by atomic mass is 35.5. The predicted octanol–water partition coefficient (Wildman–Crippen LogP) is 2.16. The fourth-order valence-electron chi connectivity index (χ4n) is 1.99. The molecule has 0 fully saturated rings. The maximum atomic E-state index is 12.3. The summed E-state index contributed by atoms with van der Waals surface area (Å²) < 4.78 is 10.4. The van der Waals surface area contributed by atoms with Gasteiger partial charge in [0.25, 0.3) is 11.8 Å². The van der Waals surface area contributed by atoms with Crippen molar-refractivity contribution < 1.29 is 19.1 Å². The molecule has 25 heavy (non-hydrogen) atoms. The Hall–Kier alpha value is -2.32. The zero-order chi connectivity index (χ0) is 18.4. The molecular weight excluding hydrogens is 366 g/mol. The van der Waals surface area contributed by atoms with Crippen LogP contribution >= 0.6 is 22.9 Å². The number of thiazole rings is 1. The Bertz CT molecular complexity index is 779. The van der Waals surface area contributed by atoms with Gasteiger partial charge in [0.2, 0.25) is 0 Å². The smallest absolute Gasteiger partial charge is 0.255 e. The van der Waals surface area contributed by atoms with Crippen molar-refractivity contribution in [1.29, 1.82) is 0 Å². The lowest BCUT2D eigenvalue weighted by Gasteiger charge is -2.13. The summed E-state index contributed by atoms with van der Waals surface area (Å²) >= 11 is 7.68. The van der Waals surface area contributed by atoms with E-state index in [0.717, 1.165) is 16.3 Å². The molecule has 0 aliphatic carbocycles. The number of carbonyl (C=O) groups excluding carboxylic acids is 2. The van der Waals surface area contributed by atoms with Gasteiger partial charge < -0.3 is 20.5 Å². The van der Waals surface area contributed by atoms with Gasteiger partial charge in [0.15, 0.2) is 18.1 Å². The van der Waals surface area contributed by atoms with E-state index in [1.807, 2.05) is 6.92 Å². The molecule has 0 radical (unpaired) electrons. The maximum Gasteiger partial charge on any atom is 0.255 e. The van der Waals surface area contributed by atoms with Gasteiger partial charge in [0, 0.05) is 16.6 Å². The lowest BCUT2D eigenvalue weighted by molar-refractivity contribution is -0.119. The van der Waals surface area contributed by atoms with E-state index in [0.29, 0.717) is 12.1 Å². The second-order valence-electron chi connectivity index (χ2n) is 5.00. The van der Waals surface area contributed by atoms with E-state index in [4.69, 9.17) is 26.8 Å². The van der Waals surface area contributed by atoms with Crippen molar-refractivity contribution in [2.45, 2.75) is 19.9 Å². The van der Waals surface area contributed by atoms with Crippen molar-refractivity contribution in [3.05, 3.63) is 38.8 Å². The van der Waals surface area contributed by atoms with Gasteiger partial charge in [-0.15, -0.1) is 11.3 Å². The van der Waals surface area contributed by atoms with Crippen molar-refractivity contribution >= 4 is 34.8 Å². The van der Waals surface area contributed by atoms with Crippen LogP contribution in [0.15, 0.2) is 18.3 Å². The molecule has 0 atom stereocenters. The number of hydrogen-bond acceptors (Lipinski definition) is 6. The number of nitrogens with zero attached hydrogens (tertiary/aromatic N) is 1. The summed E-state index contributed by atoms with van der Waals surface area (Å²) in [6.45, 7) is 2.03. The van der Waals surface area contributed by atoms with E-state index in [1.165, 1.54) is 19.2 Å². The third-order valence-corrected chi connectivity index (χ3v) is 4.62. The lowest BCUT2D eigenvalue weighted by atomic mass is 10.2. The average molecular weight is 384 g/mol. The van der Waals surface area contributed by atoms with Crippen LogP contribution < -0.4 is 20.5 Å². The van der Waals surface area contributed by atoms with Crippen LogP contribution in [0.5, 0.6) is 11.5 Å². The molecule has 1 aromatic carbocycles. The normalized spacial score (nSPS) is 10.4. The molecular formula is C16H18ClN3O4S. The number of primary amides is 1. The van der Waals surface area contributed by atoms with E-state index in [1.54, 1.807) is 17.5 Å². The van der Waals surface area contributed by atoms with Crippen LogP contribution in [0.4, 0.5) is 0 Å². The molecule has 1 aromatic heterocycles. The number of aryl methyl sites for hydroxylation is 1. The summed E-state index contributed by atoms with van der Waals surface area (Å²) in [5, 5.41) is 3.75. The predicted molar refractivity (Wildman–Crippen MR) is 95.4 cm³/mol. The van der Waals surface area contributed by atoms with Crippen LogP contribution in [0.2, 0.25) is 5.02 Å². The third kappa shape index (κ3) is 5.07. The highest BCUT2D eigenvalue weighted by molar-refractivity contribution is 7.11. The summed E-state index contributed by atoms with van der Waals surface area (Å²) in [4.78, 5) is 28.6. The lowest BCUT2D eigenvalue weighted by Crippen LogP contribution is -2.23. The maximum absolute atomic E-state index is 12.3. The first-order chi connectivity index (χ1) is 11.9. The number of hydrogen-bond donors (Lipinski definition) is 2. The molecule has 7 nitrogen and oxygen atoms in total. The first-order valence-corrected chi connectivity index (χ1v) is 8.64. The Morgan fingerprint density at radius 3 is 2.76 bits per heavy atom. The first kappa shape index (κ1) is 19.0. The highest BCUT2D eigenvalue weighted by Crippen LogP contribution is 2.36. The van der Waals surface area contributed by atoms with Gasteiger partial charge >= 0.3 is 0 Å². The molecule has 134 valence electrons. The minimum absolute atomic E-state index is 0.147. The van der Waals surface area contributed by atoms with E-state index in [-0.39, 0.29) is 29.0 Å². The molecule has 2 aromatic rings. The molecule has 0 bridgehead atoms. The van der Waals surface area contributed by atoms with E-state index >= 15 is 0 Å². The number of rotatable bonds is 8. The monoisotopic (exact) mass is 383 g/mol. The number of nitrogens with two attached hydrogens (primary N) is 1. The number of nitrogens with one attached hydrogen (secondary N) is 1. The van der Waals surface area contributed by atoms with Crippen molar-refractivity contribution in [3.8, 4) is 11.5 Å². The zero-order valence-electron chi connectivity index (χ0n) is 13.8. The fraction of sp³-hybridized carbons (Fsp3) is 0.312. The minimum Gasteiger partial charge on any atom is -0.493 e. The first-order valence-electron chi connectivity index (χ1n) is 7.45. The Balaban J connectivity index is 2.10. The second-order valence-corrected chi connectivity index (χ2v) is 6.61. The number of carbonyl (C=O) groups is 2. The summed E-state index contributed by atoms with van der Waals surface area (Å²) in [6.07, 6.45) is 2.71. The number of ether oxygens (including phenoxy) is 2. The number of aromatic nitrogens is 1. The summed E-state index contributed by atoms with van der Waals surface area (Å²) in [5.74, 6) is -0.571. The third-order valence-electron chi connectivity index (χ3n) is 3.20. The van der Waals surface area contributed by atoms with Gasteiger partial charge in [-0.05, 0) is 18.6 Å². The zero-order valence-corrected chi connectivity index (χ0v) is 15.4. The molecule has 9 heteroatoms. The SMILES string of the molecule is CCc1cnc(CNC(=O)c2cc(Cl)c(OCC(N)=O)c(OC)c2)s1. The van der Waals surface area contributed by atoms with Crippen LogP contribution in [-0.4, -0.2) is 30.5 Å². The molecule has 2 rings (SSSR count). The van der Waals surface area contributed by atoms with Gasteiger partial charge in [0.1, 0.15) is 5.01 Å². The second kappa shape index (κ2) is 8.68. The Morgan fingerprint density at radius 1 is 1.40 bits per heavy atom. The molecule has 0 spiro atoms. The van der Waals surface area contributed by atoms with Crippen molar-refractivity contribution in [3.63, 3.8) is 0 Å². The van der Waals surface area contributed by atoms with Crippen molar-refractivity contribution in [1.82, 2.24) is 10.3 Å². The van der Waals surface area contributed by atoms with Crippen LogP contribution in [0.1, 0.15) is 27.2 Å². The number of methoxy groups -OCH3 is 1. The minimum atomic E-state index is -0.644. The largest absolute Gasteiger partial charge is 0.493 e. The van der Waals surface area contributed by atoms with Gasteiger partial charge in [0.05, 0.1) is 18.7 Å². The molecule has 0 saturated heterocycles.